The number of aryl methyl sites for hydroxylation is 1. The number of rotatable bonds is 3. The molecule has 2 fully saturated rings. The molecule has 2 aliphatic heterocycles. The monoisotopic (exact) mass is 438 g/mol. The van der Waals surface area contributed by atoms with E-state index in [0.717, 1.165) is 12.1 Å². The minimum absolute atomic E-state index is 0.113. The van der Waals surface area contributed by atoms with Crippen molar-refractivity contribution < 1.29 is 22.9 Å². The third kappa shape index (κ3) is 3.24. The fourth-order valence-corrected chi connectivity index (χ4v) is 4.77. The van der Waals surface area contributed by atoms with Crippen LogP contribution >= 0.6 is 0 Å². The van der Waals surface area contributed by atoms with Gasteiger partial charge in [-0.1, -0.05) is 23.4 Å². The van der Waals surface area contributed by atoms with Crippen molar-refractivity contribution in [3.63, 3.8) is 0 Å². The van der Waals surface area contributed by atoms with Crippen LogP contribution in [0.2, 0.25) is 0 Å². The zero-order valence-corrected chi connectivity index (χ0v) is 17.3. The van der Waals surface area contributed by atoms with E-state index < -0.39 is 23.0 Å². The van der Waals surface area contributed by atoms with Gasteiger partial charge in [-0.3, -0.25) is 9.59 Å². The number of nitrogens with zero attached hydrogens (tertiary/aromatic N) is 4. The summed E-state index contributed by atoms with van der Waals surface area (Å²) in [5.74, 6) is -1.65. The summed E-state index contributed by atoms with van der Waals surface area (Å²) in [6.45, 7) is 2.86. The van der Waals surface area contributed by atoms with Crippen LogP contribution < -0.4 is 0 Å². The number of carbonyl (C=O) groups is 2. The lowest BCUT2D eigenvalue weighted by atomic mass is 9.81. The second kappa shape index (κ2) is 7.51. The Labute approximate surface area is 182 Å². The second-order valence-electron chi connectivity index (χ2n) is 8.36. The van der Waals surface area contributed by atoms with E-state index in [9.17, 15) is 18.4 Å². The van der Waals surface area contributed by atoms with E-state index in [4.69, 9.17) is 4.52 Å². The summed E-state index contributed by atoms with van der Waals surface area (Å²) in [7, 11) is 0. The maximum atomic E-state index is 14.2. The van der Waals surface area contributed by atoms with Crippen LogP contribution in [-0.4, -0.2) is 57.9 Å². The van der Waals surface area contributed by atoms with Crippen molar-refractivity contribution in [1.29, 1.82) is 0 Å². The zero-order valence-electron chi connectivity index (χ0n) is 17.3. The number of benzene rings is 2. The highest BCUT2D eigenvalue weighted by atomic mass is 19.1. The van der Waals surface area contributed by atoms with Gasteiger partial charge in [0.25, 0.3) is 11.8 Å². The van der Waals surface area contributed by atoms with Crippen molar-refractivity contribution in [3.8, 4) is 0 Å². The lowest BCUT2D eigenvalue weighted by molar-refractivity contribution is 0.0725. The number of likely N-dealkylation sites (tertiary alicyclic amines) is 2. The molecule has 0 aliphatic carbocycles. The van der Waals surface area contributed by atoms with Gasteiger partial charge in [-0.05, 0) is 31.2 Å². The fourth-order valence-electron chi connectivity index (χ4n) is 4.77. The molecule has 3 heterocycles. The molecule has 164 valence electrons. The molecule has 2 saturated heterocycles. The van der Waals surface area contributed by atoms with Gasteiger partial charge in [0, 0.05) is 43.7 Å². The topological polar surface area (TPSA) is 79.5 Å². The molecule has 2 amide bonds. The van der Waals surface area contributed by atoms with Gasteiger partial charge in [0.05, 0.1) is 11.0 Å². The van der Waals surface area contributed by atoms with E-state index in [-0.39, 0.29) is 30.5 Å². The van der Waals surface area contributed by atoms with Gasteiger partial charge in [-0.15, -0.1) is 0 Å². The maximum absolute atomic E-state index is 14.2. The van der Waals surface area contributed by atoms with Crippen molar-refractivity contribution >= 4 is 11.8 Å². The van der Waals surface area contributed by atoms with Gasteiger partial charge in [0.2, 0.25) is 5.89 Å². The molecule has 7 nitrogen and oxygen atoms in total. The number of aromatic nitrogens is 2. The second-order valence-corrected chi connectivity index (χ2v) is 8.36. The van der Waals surface area contributed by atoms with Crippen LogP contribution in [0.15, 0.2) is 53.1 Å². The summed E-state index contributed by atoms with van der Waals surface area (Å²) < 4.78 is 33.0. The largest absolute Gasteiger partial charge is 0.339 e. The molecule has 32 heavy (non-hydrogen) atoms. The standard InChI is InChI=1S/C23H20F2N4O3/c1-14-26-22(32-27-14)23-12-28(20(30)15-5-3-2-4-6-15)10-16(23)11-29(13-23)21(31)18-8-7-17(24)9-19(18)25/h2-9,16H,10-13H2,1H3. The lowest BCUT2D eigenvalue weighted by Gasteiger charge is -2.26. The summed E-state index contributed by atoms with van der Waals surface area (Å²) in [4.78, 5) is 33.8. The number of hydrogen-bond acceptors (Lipinski definition) is 5. The highest BCUT2D eigenvalue weighted by Crippen LogP contribution is 2.45. The molecule has 2 atom stereocenters. The van der Waals surface area contributed by atoms with Crippen molar-refractivity contribution in [3.05, 3.63) is 83.0 Å². The molecule has 3 aromatic rings. The van der Waals surface area contributed by atoms with Crippen molar-refractivity contribution in [2.24, 2.45) is 5.92 Å². The summed E-state index contributed by atoms with van der Waals surface area (Å²) in [5.41, 5.74) is -0.371. The summed E-state index contributed by atoms with van der Waals surface area (Å²) in [5, 5.41) is 3.90. The average Bonchev–Trinajstić information content (AvgIpc) is 3.46. The Hall–Kier alpha value is -3.62. The molecule has 5 rings (SSSR count). The Balaban J connectivity index is 1.45. The molecule has 2 aliphatic rings. The van der Waals surface area contributed by atoms with Gasteiger partial charge in [0.15, 0.2) is 5.82 Å². The molecule has 0 spiro atoms. The van der Waals surface area contributed by atoms with E-state index in [0.29, 0.717) is 36.4 Å². The van der Waals surface area contributed by atoms with Crippen LogP contribution in [0, 0.1) is 24.5 Å². The average molecular weight is 438 g/mol. The zero-order chi connectivity index (χ0) is 22.5. The molecule has 0 saturated carbocycles. The van der Waals surface area contributed by atoms with Gasteiger partial charge >= 0.3 is 0 Å². The fraction of sp³-hybridized carbons (Fsp3) is 0.304. The highest BCUT2D eigenvalue weighted by Gasteiger charge is 2.59. The van der Waals surface area contributed by atoms with Crippen LogP contribution in [0.1, 0.15) is 32.4 Å². The van der Waals surface area contributed by atoms with Gasteiger partial charge in [-0.25, -0.2) is 8.78 Å². The lowest BCUT2D eigenvalue weighted by Crippen LogP contribution is -2.41. The van der Waals surface area contributed by atoms with Crippen LogP contribution in [0.25, 0.3) is 0 Å². The van der Waals surface area contributed by atoms with Crippen molar-refractivity contribution in [1.82, 2.24) is 19.9 Å². The Morgan fingerprint density at radius 1 is 1.03 bits per heavy atom. The van der Waals surface area contributed by atoms with Crippen LogP contribution in [0.5, 0.6) is 0 Å². The van der Waals surface area contributed by atoms with E-state index in [2.05, 4.69) is 10.1 Å². The summed E-state index contributed by atoms with van der Waals surface area (Å²) in [6.07, 6.45) is 0. The Bertz CT molecular complexity index is 1200. The number of carbonyl (C=O) groups excluding carboxylic acids is 2. The Kier molecular flexibility index (Phi) is 4.76. The molecular weight excluding hydrogens is 418 g/mol. The molecular formula is C23H20F2N4O3. The number of amides is 2. The third-order valence-corrected chi connectivity index (χ3v) is 6.32. The van der Waals surface area contributed by atoms with E-state index in [1.165, 1.54) is 4.90 Å². The predicted octanol–water partition coefficient (Wildman–Crippen LogP) is 2.82. The smallest absolute Gasteiger partial charge is 0.256 e. The van der Waals surface area contributed by atoms with Crippen LogP contribution in [-0.2, 0) is 5.41 Å². The van der Waals surface area contributed by atoms with E-state index in [1.807, 2.05) is 6.07 Å². The first-order chi connectivity index (χ1) is 15.4. The van der Waals surface area contributed by atoms with E-state index >= 15 is 0 Å². The van der Waals surface area contributed by atoms with Gasteiger partial charge in [-0.2, -0.15) is 4.98 Å². The first kappa shape index (κ1) is 20.3. The molecule has 1 aromatic heterocycles. The minimum atomic E-state index is -0.907. The van der Waals surface area contributed by atoms with Crippen molar-refractivity contribution in [2.45, 2.75) is 12.3 Å². The number of fused-ring (bicyclic) bond motifs is 1. The molecule has 2 unspecified atom stereocenters. The normalized spacial score (nSPS) is 22.3. The number of hydrogen-bond donors (Lipinski definition) is 0. The molecule has 0 N–H and O–H groups in total. The maximum Gasteiger partial charge on any atom is 0.256 e. The Morgan fingerprint density at radius 2 is 1.72 bits per heavy atom. The third-order valence-electron chi connectivity index (χ3n) is 6.32. The first-order valence-corrected chi connectivity index (χ1v) is 10.3. The van der Waals surface area contributed by atoms with Crippen molar-refractivity contribution in [2.75, 3.05) is 26.2 Å². The van der Waals surface area contributed by atoms with Crippen LogP contribution in [0.3, 0.4) is 0 Å². The first-order valence-electron chi connectivity index (χ1n) is 10.3. The summed E-state index contributed by atoms with van der Waals surface area (Å²) in [6, 6.07) is 11.9. The SMILES string of the molecule is Cc1noc(C23CN(C(=O)c4ccccc4)CC2CN(C(=O)c2ccc(F)cc2F)C3)n1. The van der Waals surface area contributed by atoms with Crippen LogP contribution in [0.4, 0.5) is 8.78 Å². The predicted molar refractivity (Wildman–Crippen MR) is 109 cm³/mol. The van der Waals surface area contributed by atoms with Gasteiger partial charge < -0.3 is 14.3 Å². The molecule has 0 bridgehead atoms. The minimum Gasteiger partial charge on any atom is -0.339 e. The van der Waals surface area contributed by atoms with Gasteiger partial charge in [0.1, 0.15) is 11.6 Å². The molecule has 9 heteroatoms. The van der Waals surface area contributed by atoms with E-state index in [1.54, 1.807) is 36.1 Å². The number of halogens is 2. The highest BCUT2D eigenvalue weighted by molar-refractivity contribution is 5.96. The summed E-state index contributed by atoms with van der Waals surface area (Å²) >= 11 is 0. The molecule has 0 radical (unpaired) electrons. The quantitative estimate of drug-likeness (QED) is 0.628. The Morgan fingerprint density at radius 3 is 2.34 bits per heavy atom. The molecule has 2 aromatic carbocycles.